The first-order valence-corrected chi connectivity index (χ1v) is 6.35. The summed E-state index contributed by atoms with van der Waals surface area (Å²) in [5, 5.41) is 11.0. The van der Waals surface area contributed by atoms with Gasteiger partial charge in [-0.05, 0) is 6.07 Å². The number of rotatable bonds is 3. The smallest absolute Gasteiger partial charge is 0.419 e. The standard InChI is InChI=1S/C12H6F7N3O4/c1-26-10(23)21-5-2-4(12(17,18)19)3-6(22(24)25)7(5)20-9(21)11(15,16)8(13)14/h2-3,8H,1H3. The maximum atomic E-state index is 13.7. The van der Waals surface area contributed by atoms with Crippen molar-refractivity contribution in [1.29, 1.82) is 0 Å². The van der Waals surface area contributed by atoms with E-state index < -0.39 is 57.6 Å². The molecule has 0 spiro atoms. The summed E-state index contributed by atoms with van der Waals surface area (Å²) >= 11 is 0. The van der Waals surface area contributed by atoms with Gasteiger partial charge in [-0.15, -0.1) is 0 Å². The van der Waals surface area contributed by atoms with Crippen LogP contribution in [-0.2, 0) is 16.8 Å². The number of aromatic nitrogens is 2. The molecule has 0 bridgehead atoms. The van der Waals surface area contributed by atoms with Crippen LogP contribution in [0.15, 0.2) is 12.1 Å². The number of fused-ring (bicyclic) bond motifs is 1. The van der Waals surface area contributed by atoms with E-state index in [9.17, 15) is 45.6 Å². The normalized spacial score (nSPS) is 12.7. The van der Waals surface area contributed by atoms with Crippen LogP contribution < -0.4 is 0 Å². The number of nitro groups is 1. The van der Waals surface area contributed by atoms with E-state index in [4.69, 9.17) is 0 Å². The maximum absolute atomic E-state index is 13.7. The lowest BCUT2D eigenvalue weighted by molar-refractivity contribution is -0.383. The van der Waals surface area contributed by atoms with E-state index in [0.29, 0.717) is 7.11 Å². The van der Waals surface area contributed by atoms with Gasteiger partial charge < -0.3 is 4.74 Å². The lowest BCUT2D eigenvalue weighted by Gasteiger charge is -2.15. The average Bonchev–Trinajstić information content (AvgIpc) is 2.91. The fraction of sp³-hybridized carbons (Fsp3) is 0.333. The van der Waals surface area contributed by atoms with Gasteiger partial charge in [0.25, 0.3) is 5.69 Å². The summed E-state index contributed by atoms with van der Waals surface area (Å²) in [7, 11) is 0.639. The number of non-ortho nitro benzene ring substituents is 1. The van der Waals surface area contributed by atoms with Crippen LogP contribution in [0.4, 0.5) is 41.2 Å². The molecular weight excluding hydrogens is 383 g/mol. The largest absolute Gasteiger partial charge is 0.452 e. The molecule has 2 rings (SSSR count). The molecule has 0 saturated heterocycles. The summed E-state index contributed by atoms with van der Waals surface area (Å²) in [5.41, 5.74) is -5.31. The van der Waals surface area contributed by atoms with Gasteiger partial charge in [-0.3, -0.25) is 10.1 Å². The van der Waals surface area contributed by atoms with Gasteiger partial charge in [-0.1, -0.05) is 0 Å². The SMILES string of the molecule is COC(=O)n1c(C(F)(F)C(F)F)nc2c([N+](=O)[O-])cc(C(F)(F)F)cc21. The molecule has 26 heavy (non-hydrogen) atoms. The molecule has 1 heterocycles. The van der Waals surface area contributed by atoms with Crippen molar-refractivity contribution < 1.29 is 45.2 Å². The Morgan fingerprint density at radius 2 is 1.85 bits per heavy atom. The van der Waals surface area contributed by atoms with Gasteiger partial charge in [0, 0.05) is 6.07 Å². The Kier molecular flexibility index (Phi) is 4.55. The number of alkyl halides is 7. The Hall–Kier alpha value is -2.93. The second kappa shape index (κ2) is 6.10. The molecule has 0 amide bonds. The van der Waals surface area contributed by atoms with Crippen molar-refractivity contribution in [2.75, 3.05) is 7.11 Å². The number of imidazole rings is 1. The molecule has 0 aliphatic rings. The zero-order valence-corrected chi connectivity index (χ0v) is 12.4. The van der Waals surface area contributed by atoms with Gasteiger partial charge in [-0.2, -0.15) is 22.0 Å². The van der Waals surface area contributed by atoms with Crippen molar-refractivity contribution in [3.8, 4) is 0 Å². The fourth-order valence-corrected chi connectivity index (χ4v) is 2.06. The van der Waals surface area contributed by atoms with Crippen LogP contribution in [-0.4, -0.2) is 34.1 Å². The number of halogens is 7. The van der Waals surface area contributed by atoms with E-state index in [1.807, 2.05) is 0 Å². The van der Waals surface area contributed by atoms with Gasteiger partial charge in [0.2, 0.25) is 0 Å². The lowest BCUT2D eigenvalue weighted by atomic mass is 10.1. The predicted octanol–water partition coefficient (Wildman–Crippen LogP) is 3.93. The Morgan fingerprint density at radius 3 is 2.27 bits per heavy atom. The van der Waals surface area contributed by atoms with Crippen molar-refractivity contribution in [3.05, 3.63) is 33.6 Å². The highest BCUT2D eigenvalue weighted by Gasteiger charge is 2.49. The number of hydrogen-bond donors (Lipinski definition) is 0. The van der Waals surface area contributed by atoms with E-state index in [2.05, 4.69) is 9.72 Å². The van der Waals surface area contributed by atoms with Crippen molar-refractivity contribution in [1.82, 2.24) is 9.55 Å². The molecule has 142 valence electrons. The third kappa shape index (κ3) is 3.01. The topological polar surface area (TPSA) is 87.3 Å². The minimum Gasteiger partial charge on any atom is -0.452 e. The fourth-order valence-electron chi connectivity index (χ4n) is 2.06. The number of methoxy groups -OCH3 is 1. The Labute approximate surface area is 138 Å². The molecule has 7 nitrogen and oxygen atoms in total. The zero-order chi connectivity index (χ0) is 20.0. The number of nitro benzene ring substituents is 1. The van der Waals surface area contributed by atoms with Crippen LogP contribution in [0.5, 0.6) is 0 Å². The summed E-state index contributed by atoms with van der Waals surface area (Å²) in [6, 6.07) is 0.0819. The van der Waals surface area contributed by atoms with Crippen LogP contribution in [0.3, 0.4) is 0 Å². The molecule has 0 saturated carbocycles. The number of carbonyl (C=O) groups is 1. The van der Waals surface area contributed by atoms with E-state index in [1.54, 1.807) is 0 Å². The molecule has 0 atom stereocenters. The number of carbonyl (C=O) groups excluding carboxylic acids is 1. The second-order valence-corrected chi connectivity index (χ2v) is 4.78. The van der Waals surface area contributed by atoms with Crippen LogP contribution in [0.1, 0.15) is 11.4 Å². The lowest BCUT2D eigenvalue weighted by Crippen LogP contribution is -2.30. The summed E-state index contributed by atoms with van der Waals surface area (Å²) in [5.74, 6) is -7.09. The minimum atomic E-state index is -5.16. The van der Waals surface area contributed by atoms with Crippen molar-refractivity contribution >= 4 is 22.8 Å². The molecule has 0 radical (unpaired) electrons. The van der Waals surface area contributed by atoms with Crippen molar-refractivity contribution in [3.63, 3.8) is 0 Å². The quantitative estimate of drug-likeness (QED) is 0.451. The molecule has 1 aromatic carbocycles. The highest BCUT2D eigenvalue weighted by atomic mass is 19.4. The Morgan fingerprint density at radius 1 is 1.27 bits per heavy atom. The first-order valence-electron chi connectivity index (χ1n) is 6.35. The minimum absolute atomic E-state index is 0.0126. The first kappa shape index (κ1) is 19.4. The molecule has 14 heteroatoms. The van der Waals surface area contributed by atoms with Crippen molar-refractivity contribution in [2.45, 2.75) is 18.5 Å². The van der Waals surface area contributed by atoms with Crippen LogP contribution in [0.2, 0.25) is 0 Å². The van der Waals surface area contributed by atoms with Gasteiger partial charge in [0.05, 0.1) is 23.1 Å². The Balaban J connectivity index is 3.02. The van der Waals surface area contributed by atoms with E-state index >= 15 is 0 Å². The van der Waals surface area contributed by atoms with Crippen LogP contribution >= 0.6 is 0 Å². The Bertz CT molecular complexity index is 891. The predicted molar refractivity (Wildman–Crippen MR) is 69.1 cm³/mol. The van der Waals surface area contributed by atoms with Gasteiger partial charge in [0.1, 0.15) is 0 Å². The summed E-state index contributed by atoms with van der Waals surface area (Å²) in [6.07, 6.45) is -11.3. The van der Waals surface area contributed by atoms with Gasteiger partial charge in [0.15, 0.2) is 11.3 Å². The molecular formula is C12H6F7N3O4. The number of hydrogen-bond acceptors (Lipinski definition) is 5. The maximum Gasteiger partial charge on any atom is 0.419 e. The molecule has 0 aliphatic carbocycles. The van der Waals surface area contributed by atoms with E-state index in [0.717, 1.165) is 0 Å². The number of ether oxygens (including phenoxy) is 1. The molecule has 0 aliphatic heterocycles. The molecule has 2 aromatic rings. The average molecular weight is 389 g/mol. The molecule has 0 unspecified atom stereocenters. The third-order valence-corrected chi connectivity index (χ3v) is 3.19. The molecule has 0 N–H and O–H groups in total. The summed E-state index contributed by atoms with van der Waals surface area (Å²) in [4.78, 5) is 24.2. The number of nitrogens with zero attached hydrogens (tertiary/aromatic N) is 3. The third-order valence-electron chi connectivity index (χ3n) is 3.19. The van der Waals surface area contributed by atoms with Crippen LogP contribution in [0, 0.1) is 10.1 Å². The monoisotopic (exact) mass is 389 g/mol. The summed E-state index contributed by atoms with van der Waals surface area (Å²) < 4.78 is 95.1. The van der Waals surface area contributed by atoms with E-state index in [1.165, 1.54) is 0 Å². The summed E-state index contributed by atoms with van der Waals surface area (Å²) in [6.45, 7) is 0. The zero-order valence-electron chi connectivity index (χ0n) is 12.4. The highest BCUT2D eigenvalue weighted by molar-refractivity contribution is 5.93. The van der Waals surface area contributed by atoms with Crippen LogP contribution in [0.25, 0.3) is 11.0 Å². The molecule has 0 fully saturated rings. The highest BCUT2D eigenvalue weighted by Crippen LogP contribution is 2.40. The van der Waals surface area contributed by atoms with Gasteiger partial charge >= 0.3 is 24.6 Å². The first-order chi connectivity index (χ1) is 11.8. The van der Waals surface area contributed by atoms with Gasteiger partial charge in [-0.25, -0.2) is 23.1 Å². The van der Waals surface area contributed by atoms with Crippen molar-refractivity contribution in [2.24, 2.45) is 0 Å². The number of benzene rings is 1. The van der Waals surface area contributed by atoms with E-state index in [-0.39, 0.29) is 16.7 Å². The second-order valence-electron chi connectivity index (χ2n) is 4.78. The molecule has 1 aromatic heterocycles.